The van der Waals surface area contributed by atoms with Crippen molar-refractivity contribution in [3.63, 3.8) is 0 Å². The van der Waals surface area contributed by atoms with Crippen molar-refractivity contribution in [2.45, 2.75) is 0 Å². The van der Waals surface area contributed by atoms with Gasteiger partial charge in [-0.2, -0.15) is 0 Å². The van der Waals surface area contributed by atoms with Crippen molar-refractivity contribution in [3.05, 3.63) is 382 Å². The lowest BCUT2D eigenvalue weighted by Crippen LogP contribution is -2.57. The van der Waals surface area contributed by atoms with Crippen LogP contribution in [-0.2, 0) is 0 Å². The Hall–Kier alpha value is -15.2. The van der Waals surface area contributed by atoms with E-state index < -0.39 is 0 Å². The molecule has 0 atom stereocenters. The van der Waals surface area contributed by atoms with E-state index in [-0.39, 0.29) is 20.1 Å². The summed E-state index contributed by atoms with van der Waals surface area (Å²) in [6.07, 6.45) is 0. The molecule has 21 aromatic rings. The summed E-state index contributed by atoms with van der Waals surface area (Å²) in [5.74, 6) is 10.5. The second kappa shape index (κ2) is 27.2. The van der Waals surface area contributed by atoms with E-state index in [0.717, 1.165) is 185 Å². The second-order valence-corrected chi connectivity index (χ2v) is 32.5. The molecule has 0 bridgehead atoms. The Morgan fingerprint density at radius 1 is 0.183 bits per heavy atom. The van der Waals surface area contributed by atoms with Crippen LogP contribution in [0.3, 0.4) is 0 Å². The Kier molecular flexibility index (Phi) is 15.4. The Bertz CT molecular complexity index is 7650. The summed E-state index contributed by atoms with van der Waals surface area (Å²) in [6, 6.07) is 134. The molecule has 120 heavy (non-hydrogen) atoms. The molecular formula is C108H63B3O8S. The molecule has 0 unspecified atom stereocenters. The average molecular weight is 1550 g/mol. The standard InChI is InChI=1S/2C36H21BO3.C36H21BO2S/c1-4-16-30-26(11-1)27-13-8-12-25(36(27)40-30)23-10-7-9-22(19-23)24-20-33-35-34(21-24)39-32-18-6-3-15-29(32)37(35)28-14-2-5-17-31(28)38-33;1-4-13-30-26(10-1)27-19-24(16-17-31(27)38-30)22-8-7-9-23(18-22)25-20-34-36-35(21-25)40-33-15-6-3-12-29(33)37(36)28-11-2-5-14-32(28)39-34;1-6-15-34-26(8-1)27-10-7-9-25(36(27)40-34)23-18-16-22(17-19-23)24-20-32-35-33(21-24)39-31-14-5-3-12-29(31)37(35)28-11-2-4-13-30(28)38-32/h3*1-21H. The Morgan fingerprint density at radius 3 is 0.992 bits per heavy atom. The van der Waals surface area contributed by atoms with Crippen LogP contribution in [0.1, 0.15) is 0 Å². The minimum atomic E-state index is 0.0750. The van der Waals surface area contributed by atoms with Crippen molar-refractivity contribution in [2.24, 2.45) is 0 Å². The van der Waals surface area contributed by atoms with Crippen LogP contribution in [0.15, 0.2) is 391 Å². The van der Waals surface area contributed by atoms with E-state index in [1.54, 1.807) is 0 Å². The summed E-state index contributed by atoms with van der Waals surface area (Å²) < 4.78 is 54.1. The molecule has 0 N–H and O–H groups in total. The number of ether oxygens (including phenoxy) is 6. The van der Waals surface area contributed by atoms with Gasteiger partial charge in [0.15, 0.2) is 0 Å². The second-order valence-electron chi connectivity index (χ2n) is 31.4. The predicted molar refractivity (Wildman–Crippen MR) is 492 cm³/mol. The Labute approximate surface area is 695 Å². The summed E-state index contributed by atoms with van der Waals surface area (Å²) >= 11 is 1.87. The molecule has 0 spiro atoms. The van der Waals surface area contributed by atoms with Crippen LogP contribution in [0.5, 0.6) is 69.0 Å². The molecule has 0 saturated carbocycles. The minimum absolute atomic E-state index is 0.0750. The molecule has 8 nitrogen and oxygen atoms in total. The first-order valence-electron chi connectivity index (χ1n) is 40.6. The summed E-state index contributed by atoms with van der Waals surface area (Å²) in [7, 11) is 0. The lowest BCUT2D eigenvalue weighted by Gasteiger charge is -2.33. The summed E-state index contributed by atoms with van der Waals surface area (Å²) in [5, 5.41) is 7.16. The van der Waals surface area contributed by atoms with Crippen LogP contribution >= 0.6 is 11.3 Å². The van der Waals surface area contributed by atoms with Gasteiger partial charge >= 0.3 is 0 Å². The zero-order valence-electron chi connectivity index (χ0n) is 64.3. The first-order valence-corrected chi connectivity index (χ1v) is 41.4. The number of furan rings is 2. The Morgan fingerprint density at radius 2 is 0.508 bits per heavy atom. The molecule has 18 aromatic carbocycles. The third-order valence-corrected chi connectivity index (χ3v) is 25.8. The summed E-state index contributed by atoms with van der Waals surface area (Å²) in [4.78, 5) is 0. The van der Waals surface area contributed by atoms with Crippen LogP contribution in [0.4, 0.5) is 0 Å². The zero-order chi connectivity index (χ0) is 78.6. The molecule has 558 valence electrons. The number of hydrogen-bond acceptors (Lipinski definition) is 9. The molecule has 9 heterocycles. The molecule has 27 rings (SSSR count). The number of thiophene rings is 1. The molecule has 0 aliphatic carbocycles. The molecule has 6 aliphatic heterocycles. The normalized spacial score (nSPS) is 12.8. The lowest BCUT2D eigenvalue weighted by atomic mass is 9.35. The molecule has 6 aliphatic rings. The van der Waals surface area contributed by atoms with Gasteiger partial charge < -0.3 is 37.3 Å². The first kappa shape index (κ1) is 68.0. The van der Waals surface area contributed by atoms with Gasteiger partial charge in [0.25, 0.3) is 20.1 Å². The number of rotatable bonds is 6. The van der Waals surface area contributed by atoms with E-state index in [2.05, 4.69) is 322 Å². The van der Waals surface area contributed by atoms with Crippen molar-refractivity contribution >= 4 is 145 Å². The summed E-state index contributed by atoms with van der Waals surface area (Å²) in [6.45, 7) is 0.251. The number of para-hydroxylation sites is 9. The molecule has 0 saturated heterocycles. The largest absolute Gasteiger partial charge is 0.458 e. The molecule has 0 radical (unpaired) electrons. The highest BCUT2D eigenvalue weighted by Gasteiger charge is 2.44. The van der Waals surface area contributed by atoms with E-state index in [1.807, 2.05) is 72.0 Å². The highest BCUT2D eigenvalue weighted by atomic mass is 32.1. The monoisotopic (exact) mass is 1550 g/mol. The van der Waals surface area contributed by atoms with Crippen molar-refractivity contribution < 1.29 is 37.3 Å². The van der Waals surface area contributed by atoms with E-state index in [0.29, 0.717) is 0 Å². The smallest absolute Gasteiger partial charge is 0.260 e. The SMILES string of the molecule is c1cc(-c2cc3c4c(c2)Oc2ccccc2B4c2ccccc2O3)cc(-c2ccc3oc4ccccc4c3c2)c1.c1cc(-c2cc3c4c(c2)Oc2ccccc2B4c2ccccc2O3)cc(-c2cccc3c2oc2ccccc23)c1.c1ccc2c(c1)Oc1cc(-c3ccc(-c4cccc5c4sc4ccccc45)cc3)cc3c1B2c1ccccc1O3. The van der Waals surface area contributed by atoms with Gasteiger partial charge in [-0.15, -0.1) is 11.3 Å². The number of fused-ring (bicyclic) bond motifs is 21. The number of hydrogen-bond donors (Lipinski definition) is 0. The number of benzene rings is 18. The fraction of sp³-hybridized carbons (Fsp3) is 0. The quantitative estimate of drug-likeness (QED) is 0.152. The fourth-order valence-corrected chi connectivity index (χ4v) is 20.4. The van der Waals surface area contributed by atoms with Gasteiger partial charge in [-0.1, -0.05) is 267 Å². The average Bonchev–Trinajstić information content (AvgIpc) is 0.806. The van der Waals surface area contributed by atoms with Crippen molar-refractivity contribution in [1.82, 2.24) is 0 Å². The molecule has 0 amide bonds. The minimum Gasteiger partial charge on any atom is -0.458 e. The predicted octanol–water partition coefficient (Wildman–Crippen LogP) is 23.4. The van der Waals surface area contributed by atoms with Gasteiger partial charge in [-0.05, 0) is 209 Å². The van der Waals surface area contributed by atoms with Gasteiger partial charge in [-0.3, -0.25) is 0 Å². The van der Waals surface area contributed by atoms with Gasteiger partial charge in [0.05, 0.1) is 0 Å². The zero-order valence-corrected chi connectivity index (χ0v) is 65.1. The Balaban J connectivity index is 0.0000000997. The van der Waals surface area contributed by atoms with E-state index in [4.69, 9.17) is 37.3 Å². The van der Waals surface area contributed by atoms with Gasteiger partial charge in [-0.25, -0.2) is 0 Å². The third-order valence-electron chi connectivity index (χ3n) is 24.6. The van der Waals surface area contributed by atoms with Gasteiger partial charge in [0, 0.05) is 63.7 Å². The maximum absolute atomic E-state index is 6.51. The maximum atomic E-state index is 6.51. The van der Waals surface area contributed by atoms with Crippen LogP contribution in [0.25, 0.3) is 131 Å². The van der Waals surface area contributed by atoms with E-state index >= 15 is 0 Å². The van der Waals surface area contributed by atoms with Crippen molar-refractivity contribution in [3.8, 4) is 136 Å². The maximum Gasteiger partial charge on any atom is 0.260 e. The summed E-state index contributed by atoms with van der Waals surface area (Å²) in [5.41, 5.74) is 27.4. The fourth-order valence-electron chi connectivity index (χ4n) is 19.1. The highest BCUT2D eigenvalue weighted by molar-refractivity contribution is 7.26. The van der Waals surface area contributed by atoms with Crippen LogP contribution in [-0.4, -0.2) is 20.1 Å². The van der Waals surface area contributed by atoms with Gasteiger partial charge in [0.1, 0.15) is 91.3 Å². The lowest BCUT2D eigenvalue weighted by molar-refractivity contribution is 0.464. The molecule has 3 aromatic heterocycles. The first-order chi connectivity index (χ1) is 59.4. The van der Waals surface area contributed by atoms with Crippen molar-refractivity contribution in [2.75, 3.05) is 0 Å². The van der Waals surface area contributed by atoms with E-state index in [1.165, 1.54) is 64.1 Å². The highest BCUT2D eigenvalue weighted by Crippen LogP contribution is 2.47. The van der Waals surface area contributed by atoms with Crippen molar-refractivity contribution in [1.29, 1.82) is 0 Å². The van der Waals surface area contributed by atoms with E-state index in [9.17, 15) is 0 Å². The topological polar surface area (TPSA) is 81.7 Å². The molecular weight excluding hydrogens is 1490 g/mol. The molecule has 12 heteroatoms. The third kappa shape index (κ3) is 11.0. The van der Waals surface area contributed by atoms with Crippen LogP contribution < -0.4 is 77.6 Å². The van der Waals surface area contributed by atoms with Crippen LogP contribution in [0, 0.1) is 0 Å². The molecule has 0 fully saturated rings. The van der Waals surface area contributed by atoms with Gasteiger partial charge in [0.2, 0.25) is 0 Å². The van der Waals surface area contributed by atoms with Crippen LogP contribution in [0.2, 0.25) is 0 Å².